The maximum atomic E-state index is 12.1. The lowest BCUT2D eigenvalue weighted by Crippen LogP contribution is -2.39. The second kappa shape index (κ2) is 9.81. The van der Waals surface area contributed by atoms with Gasteiger partial charge in [-0.3, -0.25) is 14.4 Å². The molecule has 6 heteroatoms. The molecule has 0 heterocycles. The van der Waals surface area contributed by atoms with Crippen molar-refractivity contribution >= 4 is 17.8 Å². The van der Waals surface area contributed by atoms with E-state index in [2.05, 4.69) is 10.6 Å². The largest absolute Gasteiger partial charge is 0.456 e. The molecule has 1 aromatic rings. The smallest absolute Gasteiger partial charge is 0.308 e. The summed E-state index contributed by atoms with van der Waals surface area (Å²) in [4.78, 5) is 35.3. The quantitative estimate of drug-likeness (QED) is 0.742. The molecule has 1 aliphatic carbocycles. The maximum absolute atomic E-state index is 12.1. The first-order chi connectivity index (χ1) is 12.0. The van der Waals surface area contributed by atoms with Gasteiger partial charge in [0, 0.05) is 13.0 Å². The Morgan fingerprint density at radius 3 is 2.44 bits per heavy atom. The summed E-state index contributed by atoms with van der Waals surface area (Å²) in [5, 5.41) is 5.65. The molecule has 136 valence electrons. The fourth-order valence-corrected chi connectivity index (χ4v) is 3.07. The highest BCUT2D eigenvalue weighted by molar-refractivity contribution is 5.81. The first-order valence-electron chi connectivity index (χ1n) is 8.81. The van der Waals surface area contributed by atoms with Crippen LogP contribution < -0.4 is 10.6 Å². The van der Waals surface area contributed by atoms with Gasteiger partial charge in [0.25, 0.3) is 5.91 Å². The van der Waals surface area contributed by atoms with E-state index in [1.165, 1.54) is 13.3 Å². The van der Waals surface area contributed by atoms with E-state index < -0.39 is 12.0 Å². The number of hydrogen-bond donors (Lipinski definition) is 2. The number of amides is 2. The van der Waals surface area contributed by atoms with E-state index in [1.54, 1.807) is 0 Å². The van der Waals surface area contributed by atoms with Crippen LogP contribution in [-0.4, -0.2) is 30.4 Å². The van der Waals surface area contributed by atoms with Gasteiger partial charge in [0.15, 0.2) is 6.61 Å². The number of rotatable bonds is 7. The number of ether oxygens (including phenoxy) is 1. The predicted octanol–water partition coefficient (Wildman–Crippen LogP) is 2.25. The monoisotopic (exact) mass is 346 g/mol. The van der Waals surface area contributed by atoms with E-state index >= 15 is 0 Å². The molecule has 0 bridgehead atoms. The SMILES string of the molecule is CC(=O)N[C@@H](CC(=O)OCC(=O)NC1CCCCC1)c1ccccc1. The summed E-state index contributed by atoms with van der Waals surface area (Å²) >= 11 is 0. The molecule has 1 fully saturated rings. The minimum absolute atomic E-state index is 0.0136. The van der Waals surface area contributed by atoms with Crippen molar-refractivity contribution in [3.63, 3.8) is 0 Å². The number of nitrogens with one attached hydrogen (secondary N) is 2. The van der Waals surface area contributed by atoms with Crippen LogP contribution in [0, 0.1) is 0 Å². The van der Waals surface area contributed by atoms with Crippen molar-refractivity contribution in [2.75, 3.05) is 6.61 Å². The number of carbonyl (C=O) groups is 3. The van der Waals surface area contributed by atoms with Crippen molar-refractivity contribution in [1.82, 2.24) is 10.6 Å². The number of hydrogen-bond acceptors (Lipinski definition) is 4. The molecule has 0 spiro atoms. The van der Waals surface area contributed by atoms with Gasteiger partial charge in [-0.2, -0.15) is 0 Å². The number of benzene rings is 1. The molecule has 1 saturated carbocycles. The molecule has 6 nitrogen and oxygen atoms in total. The molecule has 25 heavy (non-hydrogen) atoms. The summed E-state index contributed by atoms with van der Waals surface area (Å²) in [5.74, 6) is -1.01. The van der Waals surface area contributed by atoms with Gasteiger partial charge < -0.3 is 15.4 Å². The molecule has 2 N–H and O–H groups in total. The van der Waals surface area contributed by atoms with E-state index in [0.717, 1.165) is 31.2 Å². The van der Waals surface area contributed by atoms with Gasteiger partial charge in [-0.1, -0.05) is 49.6 Å². The van der Waals surface area contributed by atoms with Crippen LogP contribution in [-0.2, 0) is 19.1 Å². The van der Waals surface area contributed by atoms with Crippen LogP contribution >= 0.6 is 0 Å². The van der Waals surface area contributed by atoms with E-state index in [1.807, 2.05) is 30.3 Å². The van der Waals surface area contributed by atoms with Gasteiger partial charge in [0.1, 0.15) is 0 Å². The number of esters is 1. The van der Waals surface area contributed by atoms with Crippen molar-refractivity contribution in [3.05, 3.63) is 35.9 Å². The molecule has 0 aliphatic heterocycles. The zero-order valence-electron chi connectivity index (χ0n) is 14.6. The third kappa shape index (κ3) is 6.95. The van der Waals surface area contributed by atoms with Crippen LogP contribution in [0.4, 0.5) is 0 Å². The van der Waals surface area contributed by atoms with Crippen molar-refractivity contribution < 1.29 is 19.1 Å². The van der Waals surface area contributed by atoms with Crippen LogP contribution in [0.3, 0.4) is 0 Å². The van der Waals surface area contributed by atoms with Gasteiger partial charge in [-0.15, -0.1) is 0 Å². The maximum Gasteiger partial charge on any atom is 0.308 e. The highest BCUT2D eigenvalue weighted by atomic mass is 16.5. The molecule has 1 atom stereocenters. The van der Waals surface area contributed by atoms with Gasteiger partial charge in [-0.05, 0) is 18.4 Å². The van der Waals surface area contributed by atoms with Gasteiger partial charge in [0.2, 0.25) is 5.91 Å². The first-order valence-corrected chi connectivity index (χ1v) is 8.81. The summed E-state index contributed by atoms with van der Waals surface area (Å²) in [6, 6.07) is 8.94. The topological polar surface area (TPSA) is 84.5 Å². The van der Waals surface area contributed by atoms with Crippen LogP contribution in [0.2, 0.25) is 0 Å². The summed E-state index contributed by atoms with van der Waals surface area (Å²) in [6.07, 6.45) is 5.42. The highest BCUT2D eigenvalue weighted by Crippen LogP contribution is 2.18. The Morgan fingerprint density at radius 1 is 1.12 bits per heavy atom. The second-order valence-electron chi connectivity index (χ2n) is 6.43. The Labute approximate surface area is 148 Å². The molecule has 1 aliphatic rings. The molecule has 0 saturated heterocycles. The molecule has 2 rings (SSSR count). The summed E-state index contributed by atoms with van der Waals surface area (Å²) in [7, 11) is 0. The summed E-state index contributed by atoms with van der Waals surface area (Å²) in [5.41, 5.74) is 0.821. The zero-order chi connectivity index (χ0) is 18.1. The van der Waals surface area contributed by atoms with Crippen LogP contribution in [0.5, 0.6) is 0 Å². The molecule has 2 amide bonds. The van der Waals surface area contributed by atoms with Gasteiger partial charge in [-0.25, -0.2) is 0 Å². The Balaban J connectivity index is 1.80. The standard InChI is InChI=1S/C19H26N2O4/c1-14(22)20-17(15-8-4-2-5-9-15)12-19(24)25-13-18(23)21-16-10-6-3-7-11-16/h2,4-5,8-9,16-17H,3,6-7,10-13H2,1H3,(H,20,22)(H,21,23)/t17-/m0/s1. The molecule has 0 unspecified atom stereocenters. The van der Waals surface area contributed by atoms with Crippen LogP contribution in [0.1, 0.15) is 57.1 Å². The lowest BCUT2D eigenvalue weighted by Gasteiger charge is -2.22. The van der Waals surface area contributed by atoms with E-state index in [0.29, 0.717) is 0 Å². The Kier molecular flexibility index (Phi) is 7.44. The minimum atomic E-state index is -0.513. The van der Waals surface area contributed by atoms with E-state index in [-0.39, 0.29) is 30.9 Å². The first kappa shape index (κ1) is 19.0. The summed E-state index contributed by atoms with van der Waals surface area (Å²) < 4.78 is 5.08. The van der Waals surface area contributed by atoms with Crippen molar-refractivity contribution in [3.8, 4) is 0 Å². The fraction of sp³-hybridized carbons (Fsp3) is 0.526. The summed E-state index contributed by atoms with van der Waals surface area (Å²) in [6.45, 7) is 1.12. The molecular formula is C19H26N2O4. The number of carbonyl (C=O) groups excluding carboxylic acids is 3. The Morgan fingerprint density at radius 2 is 1.80 bits per heavy atom. The van der Waals surface area contributed by atoms with Crippen LogP contribution in [0.25, 0.3) is 0 Å². The van der Waals surface area contributed by atoms with Crippen LogP contribution in [0.15, 0.2) is 30.3 Å². The normalized spacial score (nSPS) is 15.9. The zero-order valence-corrected chi connectivity index (χ0v) is 14.6. The molecule has 0 radical (unpaired) electrons. The van der Waals surface area contributed by atoms with Crippen molar-refractivity contribution in [2.24, 2.45) is 0 Å². The molecule has 0 aromatic heterocycles. The fourth-order valence-electron chi connectivity index (χ4n) is 3.07. The average molecular weight is 346 g/mol. The third-order valence-electron chi connectivity index (χ3n) is 4.28. The third-order valence-corrected chi connectivity index (χ3v) is 4.28. The van der Waals surface area contributed by atoms with E-state index in [9.17, 15) is 14.4 Å². The lowest BCUT2D eigenvalue weighted by atomic mass is 9.95. The lowest BCUT2D eigenvalue weighted by molar-refractivity contribution is -0.149. The second-order valence-corrected chi connectivity index (χ2v) is 6.43. The Bertz CT molecular complexity index is 582. The molecule has 1 aromatic carbocycles. The average Bonchev–Trinajstić information content (AvgIpc) is 2.61. The van der Waals surface area contributed by atoms with E-state index in [4.69, 9.17) is 4.74 Å². The van der Waals surface area contributed by atoms with Crippen molar-refractivity contribution in [2.45, 2.75) is 57.5 Å². The molecular weight excluding hydrogens is 320 g/mol. The van der Waals surface area contributed by atoms with Gasteiger partial charge >= 0.3 is 5.97 Å². The Hall–Kier alpha value is -2.37. The van der Waals surface area contributed by atoms with Gasteiger partial charge in [0.05, 0.1) is 12.5 Å². The van der Waals surface area contributed by atoms with Crippen molar-refractivity contribution in [1.29, 1.82) is 0 Å². The predicted molar refractivity (Wildman–Crippen MR) is 93.6 cm³/mol. The highest BCUT2D eigenvalue weighted by Gasteiger charge is 2.20. The minimum Gasteiger partial charge on any atom is -0.456 e.